The Hall–Kier alpha value is -5.69. The van der Waals surface area contributed by atoms with E-state index >= 15 is 0 Å². The van der Waals surface area contributed by atoms with Gasteiger partial charge in [0, 0.05) is 64.1 Å². The first-order valence-electron chi connectivity index (χ1n) is 28.6. The highest BCUT2D eigenvalue weighted by Crippen LogP contribution is 2.16. The third-order valence-electron chi connectivity index (χ3n) is 12.9. The van der Waals surface area contributed by atoms with Gasteiger partial charge in [-0.05, 0) is 51.4 Å². The van der Waals surface area contributed by atoms with E-state index in [-0.39, 0.29) is 135 Å². The highest BCUT2D eigenvalue weighted by Gasteiger charge is 2.26. The average Bonchev–Trinajstić information content (AvgIpc) is 3.41. The molecule has 0 unspecified atom stereocenters. The molecule has 0 aliphatic carbocycles. The SMILES string of the molecule is CC[C@@H](CCCCNC(=O)CC[C@H](NC(=O)CC[C@H](CC(=O)COCCOCCNC(=O)COCCOCCNC(=O)CC[C@H](NC(=O)CCCCCCCCCCCCCCCCC(=O)O)C(=O)O)C(=O)O)C(=O)O)C(=O)NP=O. The van der Waals surface area contributed by atoms with E-state index in [2.05, 4.69) is 31.7 Å². The van der Waals surface area contributed by atoms with Crippen molar-refractivity contribution in [2.75, 3.05) is 72.5 Å². The molecular weight excluding hydrogens is 1080 g/mol. The second-order valence-electron chi connectivity index (χ2n) is 19.7. The molecule has 0 aromatic carbocycles. The predicted molar refractivity (Wildman–Crippen MR) is 295 cm³/mol. The number of nitrogens with one attached hydrogen (secondary N) is 6. The molecule has 0 fully saturated rings. The number of rotatable bonds is 57. The Labute approximate surface area is 477 Å². The lowest BCUT2D eigenvalue weighted by molar-refractivity contribution is -0.145. The molecule has 0 radical (unpaired) electrons. The maximum Gasteiger partial charge on any atom is 0.326 e. The number of hydrogen-bond acceptors (Lipinski definition) is 16. The molecule has 0 aliphatic rings. The normalized spacial score (nSPS) is 12.6. The van der Waals surface area contributed by atoms with Crippen LogP contribution in [-0.4, -0.2) is 170 Å². The van der Waals surface area contributed by atoms with Crippen LogP contribution in [0.1, 0.15) is 180 Å². The molecule has 0 rings (SSSR count). The summed E-state index contributed by atoms with van der Waals surface area (Å²) in [4.78, 5) is 131. The Morgan fingerprint density at radius 1 is 0.407 bits per heavy atom. The lowest BCUT2D eigenvalue weighted by Gasteiger charge is -2.16. The number of ether oxygens (including phenoxy) is 4. The van der Waals surface area contributed by atoms with Crippen LogP contribution in [0.15, 0.2) is 0 Å². The molecule has 26 nitrogen and oxygen atoms in total. The maximum atomic E-state index is 12.5. The van der Waals surface area contributed by atoms with Crippen molar-refractivity contribution in [1.29, 1.82) is 0 Å². The van der Waals surface area contributed by atoms with E-state index < -0.39 is 92.9 Å². The minimum atomic E-state index is -1.41. The largest absolute Gasteiger partial charge is 0.481 e. The Morgan fingerprint density at radius 2 is 0.840 bits per heavy atom. The number of amides is 6. The van der Waals surface area contributed by atoms with Crippen LogP contribution in [0, 0.1) is 11.8 Å². The first-order chi connectivity index (χ1) is 38.9. The fraction of sp³-hybridized carbons (Fsp3) is 0.796. The maximum absolute atomic E-state index is 12.5. The number of carbonyl (C=O) groups excluding carboxylic acids is 7. The van der Waals surface area contributed by atoms with Crippen molar-refractivity contribution >= 4 is 73.7 Å². The summed E-state index contributed by atoms with van der Waals surface area (Å²) in [6, 6.07) is -2.59. The summed E-state index contributed by atoms with van der Waals surface area (Å²) < 4.78 is 31.9. The van der Waals surface area contributed by atoms with Crippen molar-refractivity contribution in [2.45, 2.75) is 192 Å². The summed E-state index contributed by atoms with van der Waals surface area (Å²) in [7, 11) is -0.467. The van der Waals surface area contributed by atoms with E-state index in [0.29, 0.717) is 32.1 Å². The molecule has 4 atom stereocenters. The number of carbonyl (C=O) groups is 11. The van der Waals surface area contributed by atoms with Crippen LogP contribution in [0.3, 0.4) is 0 Å². The summed E-state index contributed by atoms with van der Waals surface area (Å²) in [5.74, 6) is -9.43. The van der Waals surface area contributed by atoms with Crippen molar-refractivity contribution in [1.82, 2.24) is 31.7 Å². The number of aliphatic carboxylic acids is 4. The molecule has 464 valence electrons. The highest BCUT2D eigenvalue weighted by molar-refractivity contribution is 7.22. The molecule has 0 spiro atoms. The van der Waals surface area contributed by atoms with E-state index in [1.807, 2.05) is 6.92 Å². The monoisotopic (exact) mass is 1180 g/mol. The third kappa shape index (κ3) is 46.6. The quantitative estimate of drug-likeness (QED) is 0.0298. The first kappa shape index (κ1) is 75.3. The molecule has 0 aliphatic heterocycles. The highest BCUT2D eigenvalue weighted by atomic mass is 31.1. The first-order valence-corrected chi connectivity index (χ1v) is 29.4. The van der Waals surface area contributed by atoms with Crippen LogP contribution >= 0.6 is 8.61 Å². The molecule has 0 saturated heterocycles. The standard InChI is InChI=1S/C54H93N6O20P/c1-2-40(51(69)60-81-76)19-17-18-28-55-45(62)26-23-44(54(74)75)59-48(65)25-22-41(52(70)71)37-42(61)38-79-35-33-78-32-30-57-49(66)39-80-36-34-77-31-29-56-46(63)27-24-43(53(72)73)58-47(64)20-15-13-11-9-7-5-3-4-6-8-10-12-14-16-21-50(67)68/h40-41,43-44H,2-39H2,1H3,(H,55,62)(H,56,63)(H,57,66)(H,58,64)(H,59,65)(H,67,68)(H,70,71)(H,72,73)(H,74,75)(H,60,69,76)/t40-,41+,43-,44-/m0/s1. The molecule has 0 aromatic heterocycles. The number of Topliss-reactive ketones (excluding diaryl/α,β-unsaturated/α-hetero) is 1. The Morgan fingerprint density at radius 3 is 1.31 bits per heavy atom. The van der Waals surface area contributed by atoms with Gasteiger partial charge >= 0.3 is 23.9 Å². The van der Waals surface area contributed by atoms with E-state index in [0.717, 1.165) is 51.4 Å². The second kappa shape index (κ2) is 51.2. The van der Waals surface area contributed by atoms with Crippen molar-refractivity contribution in [3.8, 4) is 0 Å². The number of ketones is 1. The van der Waals surface area contributed by atoms with Crippen LogP contribution < -0.4 is 31.7 Å². The Balaban J connectivity index is 3.99. The Bertz CT molecular complexity index is 1860. The van der Waals surface area contributed by atoms with Gasteiger partial charge in [0.2, 0.25) is 35.4 Å². The molecule has 81 heavy (non-hydrogen) atoms. The predicted octanol–water partition coefficient (Wildman–Crippen LogP) is 4.39. The minimum Gasteiger partial charge on any atom is -0.481 e. The van der Waals surface area contributed by atoms with Crippen molar-refractivity contribution in [3.05, 3.63) is 0 Å². The molecule has 0 heterocycles. The van der Waals surface area contributed by atoms with Gasteiger partial charge < -0.3 is 66.0 Å². The summed E-state index contributed by atoms with van der Waals surface area (Å²) >= 11 is 0. The van der Waals surface area contributed by atoms with E-state index in [1.54, 1.807) is 0 Å². The summed E-state index contributed by atoms with van der Waals surface area (Å²) in [6.07, 6.45) is 15.8. The zero-order valence-corrected chi connectivity index (χ0v) is 48.3. The molecule has 0 saturated carbocycles. The van der Waals surface area contributed by atoms with Crippen LogP contribution in [0.25, 0.3) is 0 Å². The van der Waals surface area contributed by atoms with Gasteiger partial charge in [0.25, 0.3) is 8.61 Å². The molecular formula is C54H93N6O20P. The number of unbranched alkanes of at least 4 members (excludes halogenated alkanes) is 14. The van der Waals surface area contributed by atoms with E-state index in [4.69, 9.17) is 24.1 Å². The smallest absolute Gasteiger partial charge is 0.326 e. The van der Waals surface area contributed by atoms with Gasteiger partial charge in [-0.2, -0.15) is 0 Å². The van der Waals surface area contributed by atoms with Crippen LogP contribution in [0.4, 0.5) is 0 Å². The minimum absolute atomic E-state index is 0.0110. The van der Waals surface area contributed by atoms with Gasteiger partial charge in [0.1, 0.15) is 25.3 Å². The van der Waals surface area contributed by atoms with Crippen LogP contribution in [0.2, 0.25) is 0 Å². The number of carboxylic acids is 4. The van der Waals surface area contributed by atoms with Gasteiger partial charge in [-0.3, -0.25) is 48.2 Å². The topological polar surface area (TPSA) is 395 Å². The van der Waals surface area contributed by atoms with E-state index in [9.17, 15) is 72.6 Å². The summed E-state index contributed by atoms with van der Waals surface area (Å²) in [5, 5.41) is 52.3. The zero-order valence-electron chi connectivity index (χ0n) is 47.4. The molecule has 6 amide bonds. The Kier molecular flexibility index (Phi) is 47.6. The third-order valence-corrected chi connectivity index (χ3v) is 13.2. The van der Waals surface area contributed by atoms with Crippen molar-refractivity contribution in [3.63, 3.8) is 0 Å². The summed E-state index contributed by atoms with van der Waals surface area (Å²) in [6.45, 7) is 2.30. The molecule has 27 heteroatoms. The second-order valence-corrected chi connectivity index (χ2v) is 20.1. The number of hydrogen-bond donors (Lipinski definition) is 10. The number of carboxylic acid groups (broad SMARTS) is 4. The lowest BCUT2D eigenvalue weighted by atomic mass is 9.97. The van der Waals surface area contributed by atoms with Crippen molar-refractivity contribution in [2.24, 2.45) is 11.8 Å². The van der Waals surface area contributed by atoms with Gasteiger partial charge in [-0.15, -0.1) is 0 Å². The zero-order chi connectivity index (χ0) is 60.3. The fourth-order valence-electron chi connectivity index (χ4n) is 8.18. The fourth-order valence-corrected chi connectivity index (χ4v) is 8.45. The molecule has 10 N–H and O–H groups in total. The van der Waals surface area contributed by atoms with Crippen molar-refractivity contribution < 1.29 is 96.7 Å². The van der Waals surface area contributed by atoms with E-state index in [1.165, 1.54) is 32.1 Å². The van der Waals surface area contributed by atoms with Crippen LogP contribution in [-0.2, 0) is 76.3 Å². The lowest BCUT2D eigenvalue weighted by Crippen LogP contribution is -2.42. The van der Waals surface area contributed by atoms with Gasteiger partial charge in [0.15, 0.2) is 5.78 Å². The molecule has 0 aromatic rings. The van der Waals surface area contributed by atoms with Gasteiger partial charge in [-0.1, -0.05) is 90.4 Å². The average molecular weight is 1180 g/mol. The van der Waals surface area contributed by atoms with Crippen LogP contribution in [0.5, 0.6) is 0 Å². The van der Waals surface area contributed by atoms with Gasteiger partial charge in [0.05, 0.1) is 45.6 Å². The molecule has 0 bridgehead atoms. The summed E-state index contributed by atoms with van der Waals surface area (Å²) in [5.41, 5.74) is 0. The van der Waals surface area contributed by atoms with Gasteiger partial charge in [-0.25, -0.2) is 14.2 Å².